The lowest BCUT2D eigenvalue weighted by Gasteiger charge is -2.33. The third-order valence-corrected chi connectivity index (χ3v) is 5.25. The number of nitrogens with zero attached hydrogens (tertiary/aromatic N) is 2. The fraction of sp³-hybridized carbons (Fsp3) is 0.636. The first kappa shape index (κ1) is 25.7. The molecule has 1 heterocycles. The van der Waals surface area contributed by atoms with Crippen LogP contribution in [0, 0.1) is 0 Å². The van der Waals surface area contributed by atoms with Gasteiger partial charge in [0, 0.05) is 44.8 Å². The van der Waals surface area contributed by atoms with Crippen LogP contribution in [0.25, 0.3) is 0 Å². The molecule has 3 N–H and O–H groups in total. The third-order valence-electron chi connectivity index (χ3n) is 5.25. The van der Waals surface area contributed by atoms with E-state index in [-0.39, 0.29) is 29.9 Å². The Bertz CT molecular complexity index is 620. The summed E-state index contributed by atoms with van der Waals surface area (Å²) in [6.45, 7) is 8.35. The Morgan fingerprint density at radius 3 is 2.62 bits per heavy atom. The number of halogens is 1. The zero-order valence-electron chi connectivity index (χ0n) is 18.2. The van der Waals surface area contributed by atoms with E-state index in [9.17, 15) is 4.79 Å². The summed E-state index contributed by atoms with van der Waals surface area (Å²) in [6.07, 6.45) is 6.58. The van der Waals surface area contributed by atoms with Gasteiger partial charge in [0.15, 0.2) is 5.96 Å². The minimum Gasteiger partial charge on any atom is -0.356 e. The molecule has 1 unspecified atom stereocenters. The summed E-state index contributed by atoms with van der Waals surface area (Å²) in [6, 6.07) is 8.67. The number of guanidine groups is 1. The molecule has 0 radical (unpaired) electrons. The van der Waals surface area contributed by atoms with Gasteiger partial charge < -0.3 is 20.9 Å². The van der Waals surface area contributed by atoms with Gasteiger partial charge in [-0.15, -0.1) is 24.0 Å². The Morgan fingerprint density at radius 1 is 1.21 bits per heavy atom. The van der Waals surface area contributed by atoms with Crippen LogP contribution in [-0.2, 0) is 11.3 Å². The molecule has 164 valence electrons. The van der Waals surface area contributed by atoms with Gasteiger partial charge in [-0.3, -0.25) is 9.79 Å². The molecule has 1 amide bonds. The van der Waals surface area contributed by atoms with Gasteiger partial charge in [0.1, 0.15) is 0 Å². The maximum atomic E-state index is 11.6. The van der Waals surface area contributed by atoms with Crippen molar-refractivity contribution in [1.29, 1.82) is 0 Å². The van der Waals surface area contributed by atoms with E-state index in [0.717, 1.165) is 49.2 Å². The number of carbonyl (C=O) groups is 1. The highest BCUT2D eigenvalue weighted by Gasteiger charge is 2.17. The van der Waals surface area contributed by atoms with Gasteiger partial charge in [-0.25, -0.2) is 0 Å². The molecule has 1 fully saturated rings. The van der Waals surface area contributed by atoms with Crippen molar-refractivity contribution >= 4 is 41.5 Å². The minimum absolute atomic E-state index is 0. The molecule has 1 aromatic rings. The molecule has 7 heteroatoms. The number of carbonyl (C=O) groups excluding carboxylic acids is 1. The number of anilines is 1. The molecule has 29 heavy (non-hydrogen) atoms. The molecule has 1 saturated heterocycles. The van der Waals surface area contributed by atoms with E-state index in [1.165, 1.54) is 25.8 Å². The van der Waals surface area contributed by atoms with Crippen molar-refractivity contribution in [2.75, 3.05) is 32.0 Å². The highest BCUT2D eigenvalue weighted by molar-refractivity contribution is 14.0. The predicted octanol–water partition coefficient (Wildman–Crippen LogP) is 3.97. The summed E-state index contributed by atoms with van der Waals surface area (Å²) < 4.78 is 0. The second-order valence-electron chi connectivity index (χ2n) is 7.58. The molecule has 0 aliphatic carbocycles. The Hall–Kier alpha value is -1.35. The van der Waals surface area contributed by atoms with Crippen molar-refractivity contribution in [3.63, 3.8) is 0 Å². The standard InChI is InChI=1S/C22H37N5O.HI/c1-4-8-21(28)26-20-12-10-19(11-13-20)17-25-22(23-3)24-14-7-16-27-15-6-5-9-18(27)2;/h10-13,18H,4-9,14-17H2,1-3H3,(H,26,28)(H2,23,24,25);1H. The SMILES string of the molecule is CCCC(=O)Nc1ccc(CNC(=NC)NCCCN2CCCCC2C)cc1.I. The van der Waals surface area contributed by atoms with Gasteiger partial charge in [-0.05, 0) is 56.8 Å². The van der Waals surface area contributed by atoms with Gasteiger partial charge in [-0.1, -0.05) is 25.5 Å². The van der Waals surface area contributed by atoms with Crippen LogP contribution in [0.15, 0.2) is 29.3 Å². The number of hydrogen-bond acceptors (Lipinski definition) is 3. The van der Waals surface area contributed by atoms with Crippen LogP contribution in [-0.4, -0.2) is 49.5 Å². The Balaban J connectivity index is 0.00000420. The van der Waals surface area contributed by atoms with E-state index >= 15 is 0 Å². The maximum Gasteiger partial charge on any atom is 0.224 e. The molecule has 0 spiro atoms. The molecule has 1 atom stereocenters. The first-order valence-electron chi connectivity index (χ1n) is 10.7. The Labute approximate surface area is 193 Å². The van der Waals surface area contributed by atoms with Crippen LogP contribution >= 0.6 is 24.0 Å². The van der Waals surface area contributed by atoms with Crippen molar-refractivity contribution in [2.24, 2.45) is 4.99 Å². The van der Waals surface area contributed by atoms with Gasteiger partial charge in [0.2, 0.25) is 5.91 Å². The number of piperidine rings is 1. The van der Waals surface area contributed by atoms with Crippen LogP contribution in [0.5, 0.6) is 0 Å². The Morgan fingerprint density at radius 2 is 1.97 bits per heavy atom. The first-order valence-corrected chi connectivity index (χ1v) is 10.7. The number of likely N-dealkylation sites (tertiary alicyclic amines) is 1. The summed E-state index contributed by atoms with van der Waals surface area (Å²) in [5, 5.41) is 9.66. The van der Waals surface area contributed by atoms with Crippen molar-refractivity contribution in [2.45, 2.75) is 65.0 Å². The largest absolute Gasteiger partial charge is 0.356 e. The highest BCUT2D eigenvalue weighted by Crippen LogP contribution is 2.16. The summed E-state index contributed by atoms with van der Waals surface area (Å²) in [5.74, 6) is 0.893. The van der Waals surface area contributed by atoms with Gasteiger partial charge in [-0.2, -0.15) is 0 Å². The maximum absolute atomic E-state index is 11.6. The second-order valence-corrected chi connectivity index (χ2v) is 7.58. The quantitative estimate of drug-likeness (QED) is 0.202. The normalized spacial score (nSPS) is 17.3. The Kier molecular flexibility index (Phi) is 12.9. The topological polar surface area (TPSA) is 68.8 Å². The fourth-order valence-corrected chi connectivity index (χ4v) is 3.54. The van der Waals surface area contributed by atoms with Crippen LogP contribution in [0.2, 0.25) is 0 Å². The van der Waals surface area contributed by atoms with E-state index in [4.69, 9.17) is 0 Å². The van der Waals surface area contributed by atoms with Crippen molar-refractivity contribution in [1.82, 2.24) is 15.5 Å². The summed E-state index contributed by atoms with van der Waals surface area (Å²) in [7, 11) is 1.80. The van der Waals surface area contributed by atoms with Crippen molar-refractivity contribution in [3.8, 4) is 0 Å². The number of hydrogen-bond donors (Lipinski definition) is 3. The zero-order valence-corrected chi connectivity index (χ0v) is 20.5. The molecule has 2 rings (SSSR count). The number of benzene rings is 1. The van der Waals surface area contributed by atoms with E-state index in [0.29, 0.717) is 13.0 Å². The summed E-state index contributed by atoms with van der Waals surface area (Å²) >= 11 is 0. The minimum atomic E-state index is 0. The molecule has 6 nitrogen and oxygen atoms in total. The predicted molar refractivity (Wildman–Crippen MR) is 133 cm³/mol. The molecule has 1 aliphatic rings. The molecule has 0 aromatic heterocycles. The van der Waals surface area contributed by atoms with E-state index < -0.39 is 0 Å². The van der Waals surface area contributed by atoms with Gasteiger partial charge in [0.25, 0.3) is 0 Å². The molecule has 0 bridgehead atoms. The van der Waals surface area contributed by atoms with E-state index in [1.54, 1.807) is 7.05 Å². The van der Waals surface area contributed by atoms with Gasteiger partial charge >= 0.3 is 0 Å². The zero-order chi connectivity index (χ0) is 20.2. The molecule has 0 saturated carbocycles. The highest BCUT2D eigenvalue weighted by atomic mass is 127. The summed E-state index contributed by atoms with van der Waals surface area (Å²) in [4.78, 5) is 18.5. The van der Waals surface area contributed by atoms with E-state index in [1.807, 2.05) is 31.2 Å². The first-order chi connectivity index (χ1) is 13.6. The average Bonchev–Trinajstić information content (AvgIpc) is 2.70. The number of amides is 1. The van der Waals surface area contributed by atoms with Gasteiger partial charge in [0.05, 0.1) is 0 Å². The smallest absolute Gasteiger partial charge is 0.224 e. The van der Waals surface area contributed by atoms with Crippen molar-refractivity contribution in [3.05, 3.63) is 29.8 Å². The average molecular weight is 515 g/mol. The van der Waals surface area contributed by atoms with Crippen LogP contribution < -0.4 is 16.0 Å². The second kappa shape index (κ2) is 14.6. The molecule has 1 aliphatic heterocycles. The summed E-state index contributed by atoms with van der Waals surface area (Å²) in [5.41, 5.74) is 2.00. The number of rotatable bonds is 9. The van der Waals surface area contributed by atoms with Crippen LogP contribution in [0.3, 0.4) is 0 Å². The van der Waals surface area contributed by atoms with Crippen LogP contribution in [0.1, 0.15) is 57.9 Å². The molecular formula is C22H38IN5O. The lowest BCUT2D eigenvalue weighted by atomic mass is 10.0. The van der Waals surface area contributed by atoms with Crippen molar-refractivity contribution < 1.29 is 4.79 Å². The molecule has 1 aromatic carbocycles. The van der Waals surface area contributed by atoms with Crippen LogP contribution in [0.4, 0.5) is 5.69 Å². The number of aliphatic imine (C=N–C) groups is 1. The fourth-order valence-electron chi connectivity index (χ4n) is 3.54. The third kappa shape index (κ3) is 9.80. The lowest BCUT2D eigenvalue weighted by molar-refractivity contribution is -0.116. The monoisotopic (exact) mass is 515 g/mol. The molecular weight excluding hydrogens is 477 g/mol. The van der Waals surface area contributed by atoms with E-state index in [2.05, 4.69) is 32.8 Å². The lowest BCUT2D eigenvalue weighted by Crippen LogP contribution is -2.41. The number of nitrogens with one attached hydrogen (secondary N) is 3.